The molecule has 1 atom stereocenters. The maximum absolute atomic E-state index is 13.8. The Hall–Kier alpha value is -3.64. The molecule has 3 aromatic rings. The SMILES string of the molecule is [2H]C(c1ccc(-c2ccc(N(C)C)cc2)cc1Cl)N(C(=O)C1CCCCC1)c1cncc(/C=C/C(=O)O)c1. The molecule has 0 spiro atoms. The molecule has 1 N–H and O–H groups in total. The summed E-state index contributed by atoms with van der Waals surface area (Å²) in [6, 6.07) is 15.4. The normalized spacial score (nSPS) is 15.3. The van der Waals surface area contributed by atoms with Crippen LogP contribution in [0.1, 0.15) is 44.6 Å². The minimum absolute atomic E-state index is 0.134. The lowest BCUT2D eigenvalue weighted by Crippen LogP contribution is -2.37. The molecule has 1 heterocycles. The van der Waals surface area contributed by atoms with E-state index in [1.807, 2.05) is 55.4 Å². The highest BCUT2D eigenvalue weighted by Gasteiger charge is 2.28. The summed E-state index contributed by atoms with van der Waals surface area (Å²) in [5, 5.41) is 9.40. The summed E-state index contributed by atoms with van der Waals surface area (Å²) in [4.78, 5) is 32.5. The summed E-state index contributed by atoms with van der Waals surface area (Å²) in [6.07, 6.45) is 10.1. The van der Waals surface area contributed by atoms with Gasteiger partial charge in [-0.05, 0) is 65.4 Å². The third kappa shape index (κ3) is 6.77. The second kappa shape index (κ2) is 12.1. The number of carboxylic acid groups (broad SMARTS) is 1. The van der Waals surface area contributed by atoms with Crippen molar-refractivity contribution in [1.29, 1.82) is 0 Å². The van der Waals surface area contributed by atoms with Crippen molar-refractivity contribution < 1.29 is 16.1 Å². The summed E-state index contributed by atoms with van der Waals surface area (Å²) in [5.74, 6) is -1.39. The van der Waals surface area contributed by atoms with Crippen molar-refractivity contribution in [2.24, 2.45) is 5.92 Å². The lowest BCUT2D eigenvalue weighted by atomic mass is 9.88. The molecule has 1 aliphatic carbocycles. The van der Waals surface area contributed by atoms with Crippen LogP contribution in [0.4, 0.5) is 11.4 Å². The van der Waals surface area contributed by atoms with Crippen LogP contribution in [0, 0.1) is 5.92 Å². The van der Waals surface area contributed by atoms with Gasteiger partial charge in [0.2, 0.25) is 5.91 Å². The van der Waals surface area contributed by atoms with Gasteiger partial charge in [-0.2, -0.15) is 0 Å². The Morgan fingerprint density at radius 3 is 2.38 bits per heavy atom. The number of aliphatic carboxylic acids is 1. The highest BCUT2D eigenvalue weighted by atomic mass is 35.5. The number of carbonyl (C=O) groups is 2. The van der Waals surface area contributed by atoms with E-state index in [2.05, 4.69) is 4.98 Å². The molecule has 6 nitrogen and oxygen atoms in total. The molecule has 0 radical (unpaired) electrons. The third-order valence-corrected chi connectivity index (χ3v) is 6.95. The predicted molar refractivity (Wildman–Crippen MR) is 150 cm³/mol. The second-order valence-corrected chi connectivity index (χ2v) is 9.91. The molecule has 37 heavy (non-hydrogen) atoms. The zero-order chi connectivity index (χ0) is 27.2. The molecular weight excluding hydrogens is 486 g/mol. The Bertz CT molecular complexity index is 1320. The van der Waals surface area contributed by atoms with Crippen LogP contribution in [-0.2, 0) is 16.1 Å². The first-order chi connectivity index (χ1) is 18.2. The van der Waals surface area contributed by atoms with Crippen LogP contribution in [0.2, 0.25) is 5.02 Å². The number of rotatable bonds is 8. The number of nitrogens with zero attached hydrogens (tertiary/aromatic N) is 3. The van der Waals surface area contributed by atoms with Crippen molar-refractivity contribution in [1.82, 2.24) is 4.98 Å². The van der Waals surface area contributed by atoms with Gasteiger partial charge in [-0.25, -0.2) is 4.79 Å². The number of pyridine rings is 1. The zero-order valence-corrected chi connectivity index (χ0v) is 21.9. The van der Waals surface area contributed by atoms with Crippen LogP contribution in [0.3, 0.4) is 0 Å². The minimum Gasteiger partial charge on any atom is -0.478 e. The molecule has 0 aliphatic heterocycles. The molecule has 1 aliphatic rings. The molecule has 1 aromatic heterocycles. The monoisotopic (exact) mass is 518 g/mol. The van der Waals surface area contributed by atoms with E-state index in [-0.39, 0.29) is 11.8 Å². The number of carbonyl (C=O) groups excluding carboxylic acids is 1. The molecule has 0 saturated heterocycles. The summed E-state index contributed by atoms with van der Waals surface area (Å²) in [6.45, 7) is -1.09. The van der Waals surface area contributed by atoms with Gasteiger partial charge < -0.3 is 14.9 Å². The number of aromatic nitrogens is 1. The van der Waals surface area contributed by atoms with E-state index < -0.39 is 12.5 Å². The van der Waals surface area contributed by atoms with Gasteiger partial charge in [-0.1, -0.05) is 55.1 Å². The van der Waals surface area contributed by atoms with E-state index in [9.17, 15) is 9.59 Å². The molecule has 1 amide bonds. The number of benzene rings is 2. The summed E-state index contributed by atoms with van der Waals surface area (Å²) in [7, 11) is 3.98. The van der Waals surface area contributed by atoms with Gasteiger partial charge in [0, 0.05) is 43.0 Å². The fourth-order valence-electron chi connectivity index (χ4n) is 4.55. The number of carboxylic acids is 1. The number of amides is 1. The zero-order valence-electron chi connectivity index (χ0n) is 22.1. The largest absolute Gasteiger partial charge is 0.478 e. The van der Waals surface area contributed by atoms with Crippen LogP contribution in [0.15, 0.2) is 67.0 Å². The lowest BCUT2D eigenvalue weighted by molar-refractivity contribution is -0.131. The Labute approximate surface area is 224 Å². The van der Waals surface area contributed by atoms with Crippen LogP contribution < -0.4 is 9.80 Å². The van der Waals surface area contributed by atoms with Gasteiger partial charge in [0.1, 0.15) is 0 Å². The predicted octanol–water partition coefficient (Wildman–Crippen LogP) is 6.68. The summed E-state index contributed by atoms with van der Waals surface area (Å²) in [5.41, 5.74) is 4.49. The minimum atomic E-state index is -1.09. The van der Waals surface area contributed by atoms with Crippen molar-refractivity contribution in [3.8, 4) is 11.1 Å². The van der Waals surface area contributed by atoms with E-state index in [1.54, 1.807) is 12.1 Å². The molecule has 7 heteroatoms. The maximum Gasteiger partial charge on any atom is 0.328 e. The van der Waals surface area contributed by atoms with Crippen molar-refractivity contribution in [3.63, 3.8) is 0 Å². The summed E-state index contributed by atoms with van der Waals surface area (Å²) >= 11 is 6.74. The van der Waals surface area contributed by atoms with E-state index in [0.717, 1.165) is 55.0 Å². The Balaban J connectivity index is 1.69. The number of halogens is 1. The first-order valence-electron chi connectivity index (χ1n) is 13.0. The fourth-order valence-corrected chi connectivity index (χ4v) is 4.78. The number of hydrogen-bond acceptors (Lipinski definition) is 4. The maximum atomic E-state index is 13.8. The molecule has 0 bridgehead atoms. The molecule has 1 unspecified atom stereocenters. The van der Waals surface area contributed by atoms with Crippen LogP contribution in [0.5, 0.6) is 0 Å². The van der Waals surface area contributed by atoms with E-state index in [4.69, 9.17) is 18.1 Å². The first-order valence-corrected chi connectivity index (χ1v) is 12.8. The highest BCUT2D eigenvalue weighted by molar-refractivity contribution is 6.31. The van der Waals surface area contributed by atoms with Gasteiger partial charge >= 0.3 is 5.97 Å². The van der Waals surface area contributed by atoms with Gasteiger partial charge in [0.15, 0.2) is 0 Å². The third-order valence-electron chi connectivity index (χ3n) is 6.62. The molecular formula is C30H32ClN3O3. The fraction of sp³-hybridized carbons (Fsp3) is 0.300. The van der Waals surface area contributed by atoms with Gasteiger partial charge in [-0.15, -0.1) is 0 Å². The average Bonchev–Trinajstić information content (AvgIpc) is 2.92. The Morgan fingerprint density at radius 1 is 1.03 bits per heavy atom. The molecule has 1 fully saturated rings. The molecule has 192 valence electrons. The van der Waals surface area contributed by atoms with Crippen molar-refractivity contribution in [2.75, 3.05) is 23.9 Å². The highest BCUT2D eigenvalue weighted by Crippen LogP contribution is 2.32. The average molecular weight is 519 g/mol. The summed E-state index contributed by atoms with van der Waals surface area (Å²) < 4.78 is 9.16. The molecule has 4 rings (SSSR count). The van der Waals surface area contributed by atoms with E-state index in [1.165, 1.54) is 23.4 Å². The smallest absolute Gasteiger partial charge is 0.328 e. The van der Waals surface area contributed by atoms with Crippen molar-refractivity contribution in [2.45, 2.75) is 38.6 Å². The number of anilines is 2. The standard InChI is InChI=1S/C30H32ClN3O3/c1-33(2)26-13-11-22(12-14-26)24-9-10-25(28(31)17-24)20-34(30(37)23-6-4-3-5-7-23)27-16-21(18-32-19-27)8-15-29(35)36/h8-19,23H,3-7,20H2,1-2H3,(H,35,36)/b15-8+/i20D. The van der Waals surface area contributed by atoms with Crippen molar-refractivity contribution >= 4 is 40.9 Å². The Kier molecular flexibility index (Phi) is 8.16. The number of hydrogen-bond donors (Lipinski definition) is 1. The topological polar surface area (TPSA) is 73.7 Å². The molecule has 2 aromatic carbocycles. The van der Waals surface area contributed by atoms with Gasteiger partial charge in [0.05, 0.1) is 19.8 Å². The van der Waals surface area contributed by atoms with Gasteiger partial charge in [-0.3, -0.25) is 9.78 Å². The Morgan fingerprint density at radius 2 is 1.73 bits per heavy atom. The van der Waals surface area contributed by atoms with Crippen molar-refractivity contribution in [3.05, 3.63) is 83.2 Å². The molecule has 1 saturated carbocycles. The lowest BCUT2D eigenvalue weighted by Gasteiger charge is -2.30. The van der Waals surface area contributed by atoms with E-state index >= 15 is 0 Å². The van der Waals surface area contributed by atoms with Crippen LogP contribution in [-0.4, -0.2) is 36.1 Å². The quantitative estimate of drug-likeness (QED) is 0.337. The second-order valence-electron chi connectivity index (χ2n) is 9.50. The van der Waals surface area contributed by atoms with E-state index in [0.29, 0.717) is 21.8 Å². The first kappa shape index (κ1) is 25.0. The van der Waals surface area contributed by atoms with Crippen LogP contribution >= 0.6 is 11.6 Å². The van der Waals surface area contributed by atoms with Crippen LogP contribution in [0.25, 0.3) is 17.2 Å². The van der Waals surface area contributed by atoms with Gasteiger partial charge in [0.25, 0.3) is 0 Å².